The minimum atomic E-state index is -3.96. The van der Waals surface area contributed by atoms with Gasteiger partial charge in [0.2, 0.25) is 21.8 Å². The summed E-state index contributed by atoms with van der Waals surface area (Å²) in [6, 6.07) is 27.6. The maximum atomic E-state index is 13.9. The third-order valence-corrected chi connectivity index (χ3v) is 8.91. The van der Waals surface area contributed by atoms with Gasteiger partial charge in [0.1, 0.15) is 42.6 Å². The van der Waals surface area contributed by atoms with Crippen molar-refractivity contribution in [2.24, 2.45) is 5.73 Å². The Morgan fingerprint density at radius 2 is 1.38 bits per heavy atom. The Morgan fingerprint density at radius 1 is 0.809 bits per heavy atom. The van der Waals surface area contributed by atoms with Gasteiger partial charge in [0.15, 0.2) is 0 Å². The second kappa shape index (κ2) is 15.4. The third-order valence-electron chi connectivity index (χ3n) is 7.55. The molecule has 0 radical (unpaired) electrons. The van der Waals surface area contributed by atoms with Crippen molar-refractivity contribution in [2.75, 3.05) is 13.2 Å². The summed E-state index contributed by atoms with van der Waals surface area (Å²) in [4.78, 5) is 27.5. The van der Waals surface area contributed by atoms with Crippen molar-refractivity contribution in [3.63, 3.8) is 0 Å². The summed E-state index contributed by atoms with van der Waals surface area (Å²) in [5, 5.41) is 13.3. The number of hydrogen-bond donors (Lipinski definition) is 5. The van der Waals surface area contributed by atoms with Gasteiger partial charge in [-0.05, 0) is 52.9 Å². The molecule has 0 fully saturated rings. The SMILES string of the molecule is N=C(N)c1ccc(CNC(=O)[C@@H]2Cc3ccc(cc3)OCCOc3ccc(cc3)C[C@@H](NS(=O)(=O)Cc3ccccc3)C(=O)N2)cc1. The molecule has 2 atom stereocenters. The average molecular weight is 656 g/mol. The molecule has 6 N–H and O–H groups in total. The molecule has 0 aromatic heterocycles. The van der Waals surface area contributed by atoms with Crippen molar-refractivity contribution >= 4 is 27.7 Å². The molecule has 0 unspecified atom stereocenters. The molecule has 4 bridgehead atoms. The largest absolute Gasteiger partial charge is 0.490 e. The van der Waals surface area contributed by atoms with Gasteiger partial charge in [-0.15, -0.1) is 0 Å². The number of ether oxygens (including phenoxy) is 2. The monoisotopic (exact) mass is 655 g/mol. The van der Waals surface area contributed by atoms with Gasteiger partial charge in [-0.3, -0.25) is 15.0 Å². The predicted octanol–water partition coefficient (Wildman–Crippen LogP) is 2.82. The van der Waals surface area contributed by atoms with Gasteiger partial charge < -0.3 is 25.8 Å². The van der Waals surface area contributed by atoms with Crippen LogP contribution in [0, 0.1) is 5.41 Å². The first-order chi connectivity index (χ1) is 22.6. The van der Waals surface area contributed by atoms with E-state index >= 15 is 0 Å². The number of benzene rings is 4. The van der Waals surface area contributed by atoms with Gasteiger partial charge in [0.05, 0.1) is 5.75 Å². The van der Waals surface area contributed by atoms with E-state index in [1.165, 1.54) is 0 Å². The molecule has 0 saturated carbocycles. The lowest BCUT2D eigenvalue weighted by Crippen LogP contribution is -2.55. The summed E-state index contributed by atoms with van der Waals surface area (Å²) in [6.45, 7) is 0.795. The van der Waals surface area contributed by atoms with E-state index in [9.17, 15) is 18.0 Å². The molecule has 0 aliphatic carbocycles. The smallest absolute Gasteiger partial charge is 0.243 e. The number of nitrogens with one attached hydrogen (secondary N) is 4. The van der Waals surface area contributed by atoms with Crippen LogP contribution in [0.3, 0.4) is 0 Å². The highest BCUT2D eigenvalue weighted by Crippen LogP contribution is 2.17. The maximum absolute atomic E-state index is 13.9. The second-order valence-electron chi connectivity index (χ2n) is 11.2. The van der Waals surface area contributed by atoms with Gasteiger partial charge in [-0.2, -0.15) is 0 Å². The van der Waals surface area contributed by atoms with Crippen molar-refractivity contribution in [1.82, 2.24) is 15.4 Å². The van der Waals surface area contributed by atoms with Crippen LogP contribution in [-0.4, -0.2) is 51.4 Å². The topological polar surface area (TPSA) is 173 Å². The van der Waals surface area contributed by atoms with E-state index in [0.29, 0.717) is 41.4 Å². The van der Waals surface area contributed by atoms with E-state index < -0.39 is 33.9 Å². The van der Waals surface area contributed by atoms with Crippen LogP contribution in [-0.2, 0) is 44.8 Å². The number of hydrogen-bond acceptors (Lipinski definition) is 7. The summed E-state index contributed by atoms with van der Waals surface area (Å²) in [7, 11) is -3.96. The van der Waals surface area contributed by atoms with Crippen LogP contribution >= 0.6 is 0 Å². The first kappa shape index (κ1) is 33.2. The molecule has 4 aromatic carbocycles. The Hall–Kier alpha value is -5.20. The fourth-order valence-corrected chi connectivity index (χ4v) is 6.41. The van der Waals surface area contributed by atoms with Crippen LogP contribution in [0.5, 0.6) is 11.5 Å². The fourth-order valence-electron chi connectivity index (χ4n) is 5.07. The van der Waals surface area contributed by atoms with E-state index in [1.807, 2.05) is 12.1 Å². The maximum Gasteiger partial charge on any atom is 0.243 e. The summed E-state index contributed by atoms with van der Waals surface area (Å²) >= 11 is 0. The van der Waals surface area contributed by atoms with E-state index in [1.54, 1.807) is 91.0 Å². The lowest BCUT2D eigenvalue weighted by Gasteiger charge is -2.24. The highest BCUT2D eigenvalue weighted by molar-refractivity contribution is 7.88. The zero-order chi connectivity index (χ0) is 33.2. The number of amides is 2. The number of rotatable bonds is 8. The molecule has 11 nitrogen and oxygen atoms in total. The minimum Gasteiger partial charge on any atom is -0.490 e. The van der Waals surface area contributed by atoms with Crippen LogP contribution in [0.15, 0.2) is 103 Å². The van der Waals surface area contributed by atoms with Crippen LogP contribution in [0.4, 0.5) is 0 Å². The van der Waals surface area contributed by atoms with Gasteiger partial charge >= 0.3 is 0 Å². The first-order valence-electron chi connectivity index (χ1n) is 15.1. The minimum absolute atomic E-state index is 0.0365. The number of nitrogens with two attached hydrogens (primary N) is 1. The van der Waals surface area contributed by atoms with Crippen molar-refractivity contribution in [3.05, 3.63) is 131 Å². The first-order valence-corrected chi connectivity index (χ1v) is 16.8. The summed E-state index contributed by atoms with van der Waals surface area (Å²) in [5.41, 5.74) is 8.91. The number of nitrogen functional groups attached to an aromatic ring is 1. The molecule has 4 aromatic rings. The standard InChI is InChI=1S/C35H37N5O6S/c36-33(37)28-12-6-26(7-13-28)22-38-34(41)31-20-24-8-14-29(15-9-24)45-18-19-46-30-16-10-25(11-17-30)21-32(35(42)39-31)40-47(43,44)23-27-4-2-1-3-5-27/h1-17,31-32,40H,18-23H2,(H3,36,37)(H,38,41)(H,39,42)/t31-,32+/m0/s1. The third kappa shape index (κ3) is 9.89. The van der Waals surface area contributed by atoms with Crippen LogP contribution in [0.1, 0.15) is 27.8 Å². The van der Waals surface area contributed by atoms with Gasteiger partial charge in [0.25, 0.3) is 0 Å². The van der Waals surface area contributed by atoms with Gasteiger partial charge in [-0.25, -0.2) is 13.1 Å². The van der Waals surface area contributed by atoms with E-state index in [-0.39, 0.29) is 31.0 Å². The lowest BCUT2D eigenvalue weighted by atomic mass is 10.0. The predicted molar refractivity (Wildman–Crippen MR) is 179 cm³/mol. The van der Waals surface area contributed by atoms with E-state index in [4.69, 9.17) is 20.6 Å². The van der Waals surface area contributed by atoms with Gasteiger partial charge in [0, 0.05) is 18.5 Å². The molecule has 4 heterocycles. The quantitative estimate of drug-likeness (QED) is 0.143. The molecule has 0 spiro atoms. The van der Waals surface area contributed by atoms with Crippen molar-refractivity contribution in [2.45, 2.75) is 37.2 Å². The molecule has 0 saturated heterocycles. The van der Waals surface area contributed by atoms with Crippen molar-refractivity contribution in [1.29, 1.82) is 5.41 Å². The number of carbonyl (C=O) groups excluding carboxylic acids is 2. The van der Waals surface area contributed by atoms with Crippen LogP contribution < -0.4 is 30.6 Å². The van der Waals surface area contributed by atoms with E-state index in [0.717, 1.165) is 11.1 Å². The molecule has 2 amide bonds. The van der Waals surface area contributed by atoms with Crippen molar-refractivity contribution < 1.29 is 27.5 Å². The molecular weight excluding hydrogens is 618 g/mol. The van der Waals surface area contributed by atoms with Crippen LogP contribution in [0.2, 0.25) is 0 Å². The zero-order valence-corrected chi connectivity index (χ0v) is 26.5. The molecule has 12 heteroatoms. The Labute approximate surface area is 274 Å². The molecule has 244 valence electrons. The molecule has 4 aliphatic heterocycles. The molecular formula is C35H37N5O6S. The summed E-state index contributed by atoms with van der Waals surface area (Å²) in [6.07, 6.45) is 0.178. The molecule has 47 heavy (non-hydrogen) atoms. The summed E-state index contributed by atoms with van der Waals surface area (Å²) in [5.74, 6) is -0.237. The Balaban J connectivity index is 1.41. The van der Waals surface area contributed by atoms with Crippen molar-refractivity contribution in [3.8, 4) is 11.5 Å². The number of sulfonamides is 1. The Bertz CT molecular complexity index is 1780. The van der Waals surface area contributed by atoms with Gasteiger partial charge in [-0.1, -0.05) is 78.9 Å². The zero-order valence-electron chi connectivity index (χ0n) is 25.6. The summed E-state index contributed by atoms with van der Waals surface area (Å²) < 4.78 is 40.7. The fraction of sp³-hybridized carbons (Fsp3) is 0.229. The Morgan fingerprint density at radius 3 is 1.96 bits per heavy atom. The highest BCUT2D eigenvalue weighted by atomic mass is 32.2. The number of amidine groups is 1. The highest BCUT2D eigenvalue weighted by Gasteiger charge is 2.29. The second-order valence-corrected chi connectivity index (χ2v) is 13.0. The lowest BCUT2D eigenvalue weighted by molar-refractivity contribution is -0.129. The van der Waals surface area contributed by atoms with Crippen LogP contribution in [0.25, 0.3) is 0 Å². The Kier molecular flexibility index (Phi) is 10.9. The normalized spacial score (nSPS) is 17.0. The average Bonchev–Trinajstić information content (AvgIpc) is 3.06. The molecule has 4 aliphatic rings. The molecule has 8 rings (SSSR count). The van der Waals surface area contributed by atoms with E-state index in [2.05, 4.69) is 15.4 Å². The number of carbonyl (C=O) groups is 2.